The topological polar surface area (TPSA) is 46.6 Å². The lowest BCUT2D eigenvalue weighted by Crippen LogP contribution is -1.86. The van der Waals surface area contributed by atoms with Gasteiger partial charge in [0.05, 0.1) is 14.2 Å². The highest BCUT2D eigenvalue weighted by atomic mass is 16.5. The van der Waals surface area contributed by atoms with Crippen LogP contribution in [0.15, 0.2) is 18.2 Å². The molecule has 0 bridgehead atoms. The molecule has 0 amide bonds. The van der Waals surface area contributed by atoms with Gasteiger partial charge in [0.2, 0.25) is 16.9 Å². The summed E-state index contributed by atoms with van der Waals surface area (Å²) in [6.07, 6.45) is 0. The van der Waals surface area contributed by atoms with E-state index in [0.717, 1.165) is 0 Å². The van der Waals surface area contributed by atoms with Gasteiger partial charge in [0, 0.05) is 0 Å². The molecular formula is C8H9N2O2+. The van der Waals surface area contributed by atoms with Crippen LogP contribution in [-0.2, 0) is 0 Å². The third kappa shape index (κ3) is 1.30. The Morgan fingerprint density at radius 2 is 1.67 bits per heavy atom. The van der Waals surface area contributed by atoms with Gasteiger partial charge < -0.3 is 9.47 Å². The summed E-state index contributed by atoms with van der Waals surface area (Å²) in [7, 11) is 3.01. The van der Waals surface area contributed by atoms with Crippen LogP contribution in [0.1, 0.15) is 0 Å². The fourth-order valence-electron chi connectivity index (χ4n) is 0.930. The number of hydrogen-bond donors (Lipinski definition) is 0. The summed E-state index contributed by atoms with van der Waals surface area (Å²) < 4.78 is 9.89. The molecule has 0 saturated heterocycles. The molecule has 62 valence electrons. The van der Waals surface area contributed by atoms with Crippen molar-refractivity contribution >= 4 is 5.69 Å². The Bertz CT molecular complexity index is 295. The van der Waals surface area contributed by atoms with Gasteiger partial charge in [0.25, 0.3) is 0 Å². The first-order valence-electron chi connectivity index (χ1n) is 3.39. The van der Waals surface area contributed by atoms with E-state index in [-0.39, 0.29) is 0 Å². The van der Waals surface area contributed by atoms with Crippen LogP contribution < -0.4 is 9.47 Å². The minimum Gasteiger partial charge on any atom is -0.489 e. The molecule has 0 aliphatic rings. The van der Waals surface area contributed by atoms with Crippen molar-refractivity contribution in [1.82, 2.24) is 0 Å². The third-order valence-corrected chi connectivity index (χ3v) is 1.50. The van der Waals surface area contributed by atoms with Gasteiger partial charge in [-0.1, -0.05) is 6.07 Å². The van der Waals surface area contributed by atoms with Crippen molar-refractivity contribution in [3.05, 3.63) is 23.2 Å². The van der Waals surface area contributed by atoms with Crippen LogP contribution in [-0.4, -0.2) is 14.2 Å². The standard InChI is InChI=1S/C8H9N2O2/c1-11-6-4-3-5-7(12-2)8(6)10-9/h3-5H,1-2H3/q+1. The molecule has 1 aromatic carbocycles. The van der Waals surface area contributed by atoms with Crippen LogP contribution in [0, 0.1) is 5.39 Å². The van der Waals surface area contributed by atoms with Crippen LogP contribution >= 0.6 is 0 Å². The second kappa shape index (κ2) is 3.58. The summed E-state index contributed by atoms with van der Waals surface area (Å²) in [5.41, 5.74) is 0.308. The van der Waals surface area contributed by atoms with Gasteiger partial charge in [0.1, 0.15) is 0 Å². The lowest BCUT2D eigenvalue weighted by molar-refractivity contribution is 0.399. The number of diazo groups is 1. The average molecular weight is 165 g/mol. The zero-order valence-electron chi connectivity index (χ0n) is 6.94. The van der Waals surface area contributed by atoms with Crippen molar-refractivity contribution in [2.45, 2.75) is 0 Å². The zero-order chi connectivity index (χ0) is 8.97. The SMILES string of the molecule is COc1cccc(OC)c1[N+]#N. The predicted molar refractivity (Wildman–Crippen MR) is 44.3 cm³/mol. The molecule has 1 rings (SSSR count). The van der Waals surface area contributed by atoms with Crippen LogP contribution in [0.3, 0.4) is 0 Å². The summed E-state index contributed by atoms with van der Waals surface area (Å²) in [6.45, 7) is 0. The Morgan fingerprint density at radius 1 is 1.17 bits per heavy atom. The summed E-state index contributed by atoms with van der Waals surface area (Å²) in [5.74, 6) is 0.966. The smallest absolute Gasteiger partial charge is 0.467 e. The first kappa shape index (κ1) is 8.34. The van der Waals surface area contributed by atoms with Gasteiger partial charge in [-0.05, 0) is 12.1 Å². The molecule has 4 heteroatoms. The molecular weight excluding hydrogens is 156 g/mol. The molecule has 0 atom stereocenters. The summed E-state index contributed by atoms with van der Waals surface area (Å²) in [6, 6.07) is 5.14. The van der Waals surface area contributed by atoms with Crippen molar-refractivity contribution in [2.75, 3.05) is 14.2 Å². The number of hydrogen-bond acceptors (Lipinski definition) is 3. The van der Waals surface area contributed by atoms with E-state index >= 15 is 0 Å². The molecule has 0 radical (unpaired) electrons. The van der Waals surface area contributed by atoms with E-state index in [1.807, 2.05) is 0 Å². The maximum Gasteiger partial charge on any atom is 0.467 e. The third-order valence-electron chi connectivity index (χ3n) is 1.50. The van der Waals surface area contributed by atoms with E-state index in [2.05, 4.69) is 4.98 Å². The molecule has 0 saturated carbocycles. The largest absolute Gasteiger partial charge is 0.489 e. The van der Waals surface area contributed by atoms with Crippen LogP contribution in [0.5, 0.6) is 11.5 Å². The molecule has 0 unspecified atom stereocenters. The van der Waals surface area contributed by atoms with E-state index in [4.69, 9.17) is 14.9 Å². The second-order valence-corrected chi connectivity index (χ2v) is 2.11. The molecule has 0 spiro atoms. The minimum absolute atomic E-state index is 0.308. The van der Waals surface area contributed by atoms with Gasteiger partial charge in [-0.3, -0.25) is 0 Å². The molecule has 0 aromatic heterocycles. The quantitative estimate of drug-likeness (QED) is 0.631. The molecule has 1 aromatic rings. The van der Waals surface area contributed by atoms with E-state index in [0.29, 0.717) is 17.2 Å². The van der Waals surface area contributed by atoms with Crippen molar-refractivity contribution in [2.24, 2.45) is 0 Å². The van der Waals surface area contributed by atoms with E-state index < -0.39 is 0 Å². The molecule has 0 N–H and O–H groups in total. The van der Waals surface area contributed by atoms with Crippen molar-refractivity contribution in [3.63, 3.8) is 0 Å². The number of benzene rings is 1. The van der Waals surface area contributed by atoms with Gasteiger partial charge in [-0.2, -0.15) is 0 Å². The molecule has 0 fully saturated rings. The monoisotopic (exact) mass is 165 g/mol. The Hall–Kier alpha value is -1.76. The maximum absolute atomic E-state index is 8.63. The summed E-state index contributed by atoms with van der Waals surface area (Å²) in [5, 5.41) is 8.63. The molecule has 12 heavy (non-hydrogen) atoms. The van der Waals surface area contributed by atoms with Gasteiger partial charge in [-0.25, -0.2) is 0 Å². The average Bonchev–Trinajstić information content (AvgIpc) is 2.16. The highest BCUT2D eigenvalue weighted by molar-refractivity contribution is 5.66. The van der Waals surface area contributed by atoms with Gasteiger partial charge in [-0.15, -0.1) is 0 Å². The minimum atomic E-state index is 0.308. The van der Waals surface area contributed by atoms with Crippen LogP contribution in [0.4, 0.5) is 5.69 Å². The Morgan fingerprint density at radius 3 is 2.00 bits per heavy atom. The van der Waals surface area contributed by atoms with Gasteiger partial charge >= 0.3 is 5.69 Å². The first-order chi connectivity index (χ1) is 5.83. The fourth-order valence-corrected chi connectivity index (χ4v) is 0.930. The number of methoxy groups -OCH3 is 2. The van der Waals surface area contributed by atoms with Crippen LogP contribution in [0.25, 0.3) is 4.98 Å². The Labute approximate surface area is 70.3 Å². The fraction of sp³-hybridized carbons (Fsp3) is 0.250. The van der Waals surface area contributed by atoms with E-state index in [1.165, 1.54) is 14.2 Å². The highest BCUT2D eigenvalue weighted by Gasteiger charge is 2.20. The maximum atomic E-state index is 8.63. The second-order valence-electron chi connectivity index (χ2n) is 2.11. The molecule has 0 aliphatic carbocycles. The van der Waals surface area contributed by atoms with Crippen molar-refractivity contribution in [3.8, 4) is 11.5 Å². The molecule has 0 heterocycles. The van der Waals surface area contributed by atoms with Crippen LogP contribution in [0.2, 0.25) is 0 Å². The van der Waals surface area contributed by atoms with E-state index in [9.17, 15) is 0 Å². The van der Waals surface area contributed by atoms with Gasteiger partial charge in [0.15, 0.2) is 4.98 Å². The summed E-state index contributed by atoms with van der Waals surface area (Å²) in [4.78, 5) is 3.06. The van der Waals surface area contributed by atoms with Crippen molar-refractivity contribution in [1.29, 1.82) is 5.39 Å². The Kier molecular flexibility index (Phi) is 2.49. The van der Waals surface area contributed by atoms with Crippen molar-refractivity contribution < 1.29 is 9.47 Å². The number of ether oxygens (including phenoxy) is 2. The molecule has 0 aliphatic heterocycles. The Balaban J connectivity index is 3.25. The first-order valence-corrected chi connectivity index (χ1v) is 3.39. The number of rotatable bonds is 2. The lowest BCUT2D eigenvalue weighted by atomic mass is 10.3. The number of nitrogens with zero attached hydrogens (tertiary/aromatic N) is 2. The lowest BCUT2D eigenvalue weighted by Gasteiger charge is -1.98. The normalized spacial score (nSPS) is 8.75. The highest BCUT2D eigenvalue weighted by Crippen LogP contribution is 2.36. The summed E-state index contributed by atoms with van der Waals surface area (Å²) >= 11 is 0. The molecule has 4 nitrogen and oxygen atoms in total. The predicted octanol–water partition coefficient (Wildman–Crippen LogP) is 2.19. The van der Waals surface area contributed by atoms with E-state index in [1.54, 1.807) is 18.2 Å². The zero-order valence-corrected chi connectivity index (χ0v) is 6.94.